The summed E-state index contributed by atoms with van der Waals surface area (Å²) in [7, 11) is 0. The van der Waals surface area contributed by atoms with Crippen LogP contribution in [0.15, 0.2) is 54.6 Å². The van der Waals surface area contributed by atoms with Crippen LogP contribution in [0.5, 0.6) is 0 Å². The molecule has 0 radical (unpaired) electrons. The van der Waals surface area contributed by atoms with Crippen molar-refractivity contribution in [3.05, 3.63) is 71.5 Å². The van der Waals surface area contributed by atoms with E-state index in [1.807, 2.05) is 0 Å². The summed E-state index contributed by atoms with van der Waals surface area (Å²) in [5.74, 6) is -1.92. The molecule has 0 saturated heterocycles. The van der Waals surface area contributed by atoms with E-state index < -0.39 is 17.9 Å². The van der Waals surface area contributed by atoms with Crippen LogP contribution < -0.4 is 5.32 Å². The predicted molar refractivity (Wildman–Crippen MR) is 82.2 cm³/mol. The van der Waals surface area contributed by atoms with Crippen LogP contribution in [-0.2, 0) is 9.53 Å². The SMILES string of the molecule is O=C(OC(C(=O)NC1CC1)c1ccccc1)c1ccccc1F. The molecule has 0 aliphatic heterocycles. The molecule has 1 aliphatic carbocycles. The Kier molecular flexibility index (Phi) is 4.37. The molecule has 1 fully saturated rings. The van der Waals surface area contributed by atoms with Gasteiger partial charge < -0.3 is 10.1 Å². The van der Waals surface area contributed by atoms with Gasteiger partial charge in [0, 0.05) is 11.6 Å². The average molecular weight is 313 g/mol. The van der Waals surface area contributed by atoms with Crippen molar-refractivity contribution in [2.24, 2.45) is 0 Å². The highest BCUT2D eigenvalue weighted by Crippen LogP contribution is 2.24. The van der Waals surface area contributed by atoms with Gasteiger partial charge in [0.15, 0.2) is 0 Å². The van der Waals surface area contributed by atoms with Crippen molar-refractivity contribution in [2.75, 3.05) is 0 Å². The van der Waals surface area contributed by atoms with Crippen LogP contribution in [0, 0.1) is 5.82 Å². The van der Waals surface area contributed by atoms with Crippen LogP contribution in [0.2, 0.25) is 0 Å². The Bertz CT molecular complexity index is 713. The number of carbonyl (C=O) groups excluding carboxylic acids is 2. The maximum absolute atomic E-state index is 13.7. The van der Waals surface area contributed by atoms with Crippen molar-refractivity contribution in [1.29, 1.82) is 0 Å². The number of halogens is 1. The monoisotopic (exact) mass is 313 g/mol. The first-order chi connectivity index (χ1) is 11.1. The molecule has 23 heavy (non-hydrogen) atoms. The van der Waals surface area contributed by atoms with Gasteiger partial charge >= 0.3 is 5.97 Å². The highest BCUT2D eigenvalue weighted by Gasteiger charge is 2.31. The summed E-state index contributed by atoms with van der Waals surface area (Å²) in [6.07, 6.45) is 0.757. The maximum Gasteiger partial charge on any atom is 0.342 e. The molecular formula is C18H16FNO3. The minimum atomic E-state index is -1.09. The van der Waals surface area contributed by atoms with Crippen LogP contribution in [0.3, 0.4) is 0 Å². The summed E-state index contributed by atoms with van der Waals surface area (Å²) in [5.41, 5.74) is 0.364. The Morgan fingerprint density at radius 2 is 1.70 bits per heavy atom. The molecular weight excluding hydrogens is 297 g/mol. The molecule has 1 unspecified atom stereocenters. The first-order valence-corrected chi connectivity index (χ1v) is 7.46. The van der Waals surface area contributed by atoms with E-state index in [4.69, 9.17) is 4.74 Å². The van der Waals surface area contributed by atoms with Crippen LogP contribution >= 0.6 is 0 Å². The molecule has 3 rings (SSSR count). The van der Waals surface area contributed by atoms with Crippen molar-refractivity contribution >= 4 is 11.9 Å². The number of benzene rings is 2. The molecule has 2 aromatic rings. The van der Waals surface area contributed by atoms with Crippen LogP contribution in [-0.4, -0.2) is 17.9 Å². The number of rotatable bonds is 5. The molecule has 1 N–H and O–H groups in total. The second-order valence-electron chi connectivity index (χ2n) is 5.46. The van der Waals surface area contributed by atoms with E-state index >= 15 is 0 Å². The lowest BCUT2D eigenvalue weighted by Gasteiger charge is -2.18. The van der Waals surface area contributed by atoms with E-state index in [1.165, 1.54) is 18.2 Å². The summed E-state index contributed by atoms with van der Waals surface area (Å²) in [6, 6.07) is 14.4. The smallest absolute Gasteiger partial charge is 0.342 e. The van der Waals surface area contributed by atoms with Crippen molar-refractivity contribution in [1.82, 2.24) is 5.32 Å². The van der Waals surface area contributed by atoms with Crippen molar-refractivity contribution in [2.45, 2.75) is 25.0 Å². The van der Waals surface area contributed by atoms with Gasteiger partial charge in [-0.05, 0) is 25.0 Å². The topological polar surface area (TPSA) is 55.4 Å². The molecule has 1 atom stereocenters. The molecule has 5 heteroatoms. The third kappa shape index (κ3) is 3.74. The van der Waals surface area contributed by atoms with Crippen molar-refractivity contribution in [3.8, 4) is 0 Å². The Labute approximate surface area is 133 Å². The fourth-order valence-corrected chi connectivity index (χ4v) is 2.20. The lowest BCUT2D eigenvalue weighted by Crippen LogP contribution is -2.33. The van der Waals surface area contributed by atoms with Gasteiger partial charge in [0.25, 0.3) is 5.91 Å². The van der Waals surface area contributed by atoms with Gasteiger partial charge in [-0.3, -0.25) is 4.79 Å². The van der Waals surface area contributed by atoms with E-state index in [-0.39, 0.29) is 17.5 Å². The fourth-order valence-electron chi connectivity index (χ4n) is 2.20. The average Bonchev–Trinajstić information content (AvgIpc) is 3.37. The summed E-state index contributed by atoms with van der Waals surface area (Å²) >= 11 is 0. The Hall–Kier alpha value is -2.69. The summed E-state index contributed by atoms with van der Waals surface area (Å²) in [6.45, 7) is 0. The van der Waals surface area contributed by atoms with E-state index in [2.05, 4.69) is 5.32 Å². The number of carbonyl (C=O) groups is 2. The van der Waals surface area contributed by atoms with Gasteiger partial charge in [-0.15, -0.1) is 0 Å². The van der Waals surface area contributed by atoms with Gasteiger partial charge in [-0.25, -0.2) is 9.18 Å². The van der Waals surface area contributed by atoms with Gasteiger partial charge in [0.05, 0.1) is 5.56 Å². The molecule has 118 valence electrons. The molecule has 0 aromatic heterocycles. The van der Waals surface area contributed by atoms with E-state index in [0.717, 1.165) is 12.8 Å². The number of nitrogens with one attached hydrogen (secondary N) is 1. The zero-order valence-electron chi connectivity index (χ0n) is 12.4. The summed E-state index contributed by atoms with van der Waals surface area (Å²) in [5, 5.41) is 2.81. The van der Waals surface area contributed by atoms with Gasteiger partial charge in [-0.1, -0.05) is 42.5 Å². The second kappa shape index (κ2) is 6.60. The van der Waals surface area contributed by atoms with Crippen LogP contribution in [0.1, 0.15) is 34.9 Å². The van der Waals surface area contributed by atoms with E-state index in [0.29, 0.717) is 5.56 Å². The largest absolute Gasteiger partial charge is 0.444 e. The van der Waals surface area contributed by atoms with E-state index in [9.17, 15) is 14.0 Å². The van der Waals surface area contributed by atoms with Crippen molar-refractivity contribution < 1.29 is 18.7 Å². The number of amides is 1. The van der Waals surface area contributed by atoms with Crippen molar-refractivity contribution in [3.63, 3.8) is 0 Å². The number of ether oxygens (including phenoxy) is 1. The second-order valence-corrected chi connectivity index (χ2v) is 5.46. The molecule has 4 nitrogen and oxygen atoms in total. The number of hydrogen-bond donors (Lipinski definition) is 1. The predicted octanol–water partition coefficient (Wildman–Crippen LogP) is 3.00. The maximum atomic E-state index is 13.7. The quantitative estimate of drug-likeness (QED) is 0.863. The number of esters is 1. The molecule has 1 saturated carbocycles. The molecule has 0 bridgehead atoms. The molecule has 2 aromatic carbocycles. The first kappa shape index (κ1) is 15.2. The zero-order valence-corrected chi connectivity index (χ0v) is 12.4. The standard InChI is InChI=1S/C18H16FNO3/c19-15-9-5-4-8-14(15)18(22)23-16(12-6-2-1-3-7-12)17(21)20-13-10-11-13/h1-9,13,16H,10-11H2,(H,20,21). The third-order valence-electron chi connectivity index (χ3n) is 3.58. The fraction of sp³-hybridized carbons (Fsp3) is 0.222. The lowest BCUT2D eigenvalue weighted by atomic mass is 10.1. The lowest BCUT2D eigenvalue weighted by molar-refractivity contribution is -0.130. The normalized spacial score (nSPS) is 14.8. The molecule has 1 aliphatic rings. The van der Waals surface area contributed by atoms with Crippen LogP contribution in [0.25, 0.3) is 0 Å². The Balaban J connectivity index is 1.82. The van der Waals surface area contributed by atoms with Gasteiger partial charge in [-0.2, -0.15) is 0 Å². The highest BCUT2D eigenvalue weighted by atomic mass is 19.1. The molecule has 0 spiro atoms. The Morgan fingerprint density at radius 1 is 1.04 bits per heavy atom. The third-order valence-corrected chi connectivity index (χ3v) is 3.58. The summed E-state index contributed by atoms with van der Waals surface area (Å²) < 4.78 is 19.0. The first-order valence-electron chi connectivity index (χ1n) is 7.46. The molecule has 1 amide bonds. The summed E-state index contributed by atoms with van der Waals surface area (Å²) in [4.78, 5) is 24.6. The minimum Gasteiger partial charge on any atom is -0.444 e. The highest BCUT2D eigenvalue weighted by molar-refractivity contribution is 5.93. The van der Waals surface area contributed by atoms with Gasteiger partial charge in [0.1, 0.15) is 5.82 Å². The zero-order chi connectivity index (χ0) is 16.2. The van der Waals surface area contributed by atoms with E-state index in [1.54, 1.807) is 36.4 Å². The number of hydrogen-bond acceptors (Lipinski definition) is 3. The van der Waals surface area contributed by atoms with Crippen LogP contribution in [0.4, 0.5) is 4.39 Å². The minimum absolute atomic E-state index is 0.140. The Morgan fingerprint density at radius 3 is 2.35 bits per heavy atom. The van der Waals surface area contributed by atoms with Gasteiger partial charge in [0.2, 0.25) is 6.10 Å². The molecule has 0 heterocycles.